The quantitative estimate of drug-likeness (QED) is 0.796. The van der Waals surface area contributed by atoms with E-state index in [0.29, 0.717) is 6.42 Å². The second-order valence-corrected chi connectivity index (χ2v) is 7.00. The van der Waals surface area contributed by atoms with Crippen LogP contribution in [0.1, 0.15) is 26.7 Å². The molecule has 1 heterocycles. The molecule has 0 aromatic heterocycles. The molecule has 0 saturated carbocycles. The Morgan fingerprint density at radius 2 is 2.28 bits per heavy atom. The predicted octanol–water partition coefficient (Wildman–Crippen LogP) is 1.86. The first-order valence-corrected chi connectivity index (χ1v) is 7.88. The lowest BCUT2D eigenvalue weighted by Gasteiger charge is -2.34. The number of nitrogens with zero attached hydrogens (tertiary/aromatic N) is 1. The van der Waals surface area contributed by atoms with E-state index in [-0.39, 0.29) is 5.92 Å². The number of hydrogen-bond donors (Lipinski definition) is 1. The molecule has 1 aliphatic heterocycles. The average molecular weight is 271 g/mol. The molecule has 1 unspecified atom stereocenters. The van der Waals surface area contributed by atoms with Crippen LogP contribution in [0.25, 0.3) is 0 Å². The lowest BCUT2D eigenvalue weighted by molar-refractivity contribution is 0.316. The predicted molar refractivity (Wildman–Crippen MR) is 72.0 cm³/mol. The van der Waals surface area contributed by atoms with Crippen LogP contribution in [0, 0.1) is 5.92 Å². The average Bonchev–Trinajstić information content (AvgIpc) is 2.77. The van der Waals surface area contributed by atoms with Crippen LogP contribution < -0.4 is 0 Å². The van der Waals surface area contributed by atoms with Crippen molar-refractivity contribution in [2.24, 2.45) is 5.92 Å². The maximum atomic E-state index is 11.9. The van der Waals surface area contributed by atoms with Gasteiger partial charge in [0.2, 0.25) is 0 Å². The lowest BCUT2D eigenvalue weighted by Crippen LogP contribution is -2.45. The van der Waals surface area contributed by atoms with Crippen molar-refractivity contribution in [1.29, 1.82) is 0 Å². The normalized spacial score (nSPS) is 33.7. The van der Waals surface area contributed by atoms with Crippen molar-refractivity contribution < 1.29 is 13.0 Å². The van der Waals surface area contributed by atoms with Crippen molar-refractivity contribution in [3.63, 3.8) is 0 Å². The zero-order valence-electron chi connectivity index (χ0n) is 11.0. The fraction of sp³-hybridized carbons (Fsp3) is 0.692. The summed E-state index contributed by atoms with van der Waals surface area (Å²) in [5, 5.41) is 0. The highest BCUT2D eigenvalue weighted by molar-refractivity contribution is 7.87. The highest BCUT2D eigenvalue weighted by Crippen LogP contribution is 2.40. The Kier molecular flexibility index (Phi) is 3.67. The molecule has 4 nitrogen and oxygen atoms in total. The van der Waals surface area contributed by atoms with Crippen LogP contribution >= 0.6 is 0 Å². The SMILES string of the molecule is CCN1CCC([C@]2(S(=O)(=O)O)C=CC(C)=CC2)C1. The van der Waals surface area contributed by atoms with E-state index < -0.39 is 14.9 Å². The maximum absolute atomic E-state index is 11.9. The first-order chi connectivity index (χ1) is 8.39. The summed E-state index contributed by atoms with van der Waals surface area (Å²) < 4.78 is 32.3. The Labute approximate surface area is 109 Å². The van der Waals surface area contributed by atoms with E-state index in [4.69, 9.17) is 0 Å². The molecule has 2 rings (SSSR count). The monoisotopic (exact) mass is 271 g/mol. The van der Waals surface area contributed by atoms with Gasteiger partial charge in [0.05, 0.1) is 0 Å². The molecule has 1 saturated heterocycles. The van der Waals surface area contributed by atoms with Crippen LogP contribution in [0.2, 0.25) is 0 Å². The molecule has 2 aliphatic rings. The lowest BCUT2D eigenvalue weighted by atomic mass is 9.84. The third-order valence-electron chi connectivity index (χ3n) is 4.26. The van der Waals surface area contributed by atoms with E-state index in [1.54, 1.807) is 6.08 Å². The molecule has 2 atom stereocenters. The number of hydrogen-bond acceptors (Lipinski definition) is 3. The van der Waals surface area contributed by atoms with Crippen molar-refractivity contribution in [2.75, 3.05) is 19.6 Å². The summed E-state index contributed by atoms with van der Waals surface area (Å²) in [6, 6.07) is 0. The molecule has 102 valence electrons. The van der Waals surface area contributed by atoms with Crippen LogP contribution in [0.4, 0.5) is 0 Å². The van der Waals surface area contributed by atoms with Crippen molar-refractivity contribution >= 4 is 10.1 Å². The Morgan fingerprint density at radius 1 is 1.56 bits per heavy atom. The van der Waals surface area contributed by atoms with Gasteiger partial charge in [-0.1, -0.05) is 30.7 Å². The summed E-state index contributed by atoms with van der Waals surface area (Å²) in [6.07, 6.45) is 6.62. The summed E-state index contributed by atoms with van der Waals surface area (Å²) in [5.74, 6) is -0.0203. The molecule has 18 heavy (non-hydrogen) atoms. The van der Waals surface area contributed by atoms with Gasteiger partial charge in [0, 0.05) is 6.54 Å². The Hall–Kier alpha value is -0.650. The molecule has 1 aliphatic carbocycles. The summed E-state index contributed by atoms with van der Waals surface area (Å²) >= 11 is 0. The Balaban J connectivity index is 2.32. The number of allylic oxidation sites excluding steroid dienone is 3. The van der Waals surface area contributed by atoms with Gasteiger partial charge in [0.15, 0.2) is 0 Å². The molecule has 0 aromatic carbocycles. The summed E-state index contributed by atoms with van der Waals surface area (Å²) in [5.41, 5.74) is 1.06. The van der Waals surface area contributed by atoms with Gasteiger partial charge in [-0.2, -0.15) is 8.42 Å². The fourth-order valence-corrected chi connectivity index (χ4v) is 4.10. The van der Waals surface area contributed by atoms with E-state index in [1.165, 1.54) is 0 Å². The van der Waals surface area contributed by atoms with Crippen LogP contribution in [0.5, 0.6) is 0 Å². The topological polar surface area (TPSA) is 57.6 Å². The van der Waals surface area contributed by atoms with E-state index in [1.807, 2.05) is 19.1 Å². The van der Waals surface area contributed by atoms with Gasteiger partial charge in [-0.3, -0.25) is 4.55 Å². The van der Waals surface area contributed by atoms with E-state index >= 15 is 0 Å². The second-order valence-electron chi connectivity index (χ2n) is 5.29. The van der Waals surface area contributed by atoms with E-state index in [0.717, 1.165) is 31.6 Å². The number of likely N-dealkylation sites (tertiary alicyclic amines) is 1. The second kappa shape index (κ2) is 4.79. The Bertz CT molecular complexity index is 480. The van der Waals surface area contributed by atoms with Gasteiger partial charge < -0.3 is 4.90 Å². The minimum Gasteiger partial charge on any atom is -0.303 e. The summed E-state index contributed by atoms with van der Waals surface area (Å²) in [4.78, 5) is 2.23. The zero-order valence-corrected chi connectivity index (χ0v) is 11.8. The molecular weight excluding hydrogens is 250 g/mol. The largest absolute Gasteiger partial charge is 0.303 e. The van der Waals surface area contributed by atoms with Gasteiger partial charge >= 0.3 is 0 Å². The van der Waals surface area contributed by atoms with Gasteiger partial charge in [-0.05, 0) is 38.8 Å². The zero-order chi connectivity index (χ0) is 13.4. The maximum Gasteiger partial charge on any atom is 0.274 e. The van der Waals surface area contributed by atoms with Crippen LogP contribution in [0.15, 0.2) is 23.8 Å². The third-order valence-corrected chi connectivity index (χ3v) is 5.86. The fourth-order valence-electron chi connectivity index (χ4n) is 2.95. The standard InChI is InChI=1S/C13H21NO3S/c1-3-14-9-6-12(10-14)13(18(15,16)17)7-4-11(2)5-8-13/h4-5,7,12H,3,6,8-10H2,1-2H3,(H,15,16,17)/t12?,13-/m0/s1. The van der Waals surface area contributed by atoms with Crippen LogP contribution in [-0.4, -0.2) is 42.3 Å². The third kappa shape index (κ3) is 2.27. The molecule has 5 heteroatoms. The molecule has 0 spiro atoms. The van der Waals surface area contributed by atoms with E-state index in [2.05, 4.69) is 11.8 Å². The van der Waals surface area contributed by atoms with Gasteiger partial charge in [-0.25, -0.2) is 0 Å². The minimum absolute atomic E-state index is 0.0203. The van der Waals surface area contributed by atoms with Crippen LogP contribution in [-0.2, 0) is 10.1 Å². The molecule has 1 N–H and O–H groups in total. The van der Waals surface area contributed by atoms with Crippen molar-refractivity contribution in [2.45, 2.75) is 31.4 Å². The molecule has 0 amide bonds. The number of rotatable bonds is 3. The molecule has 1 fully saturated rings. The highest BCUT2D eigenvalue weighted by Gasteiger charge is 2.49. The van der Waals surface area contributed by atoms with Crippen molar-refractivity contribution in [3.8, 4) is 0 Å². The van der Waals surface area contributed by atoms with Crippen LogP contribution in [0.3, 0.4) is 0 Å². The minimum atomic E-state index is -4.08. The molecule has 0 radical (unpaired) electrons. The molecular formula is C13H21NO3S. The van der Waals surface area contributed by atoms with Gasteiger partial charge in [-0.15, -0.1) is 0 Å². The van der Waals surface area contributed by atoms with Gasteiger partial charge in [0.25, 0.3) is 10.1 Å². The molecule has 0 aromatic rings. The smallest absolute Gasteiger partial charge is 0.274 e. The first-order valence-electron chi connectivity index (χ1n) is 6.44. The first kappa shape index (κ1) is 13.8. The van der Waals surface area contributed by atoms with Gasteiger partial charge in [0.1, 0.15) is 4.75 Å². The molecule has 0 bridgehead atoms. The van der Waals surface area contributed by atoms with Crippen molar-refractivity contribution in [3.05, 3.63) is 23.8 Å². The van der Waals surface area contributed by atoms with Crippen molar-refractivity contribution in [1.82, 2.24) is 4.90 Å². The van der Waals surface area contributed by atoms with E-state index in [9.17, 15) is 13.0 Å². The summed E-state index contributed by atoms with van der Waals surface area (Å²) in [6.45, 7) is 6.60. The Morgan fingerprint density at radius 3 is 2.72 bits per heavy atom. The highest BCUT2D eigenvalue weighted by atomic mass is 32.2. The summed E-state index contributed by atoms with van der Waals surface area (Å²) in [7, 11) is -4.08.